The number of sulfonamides is 1. The van der Waals surface area contributed by atoms with Gasteiger partial charge in [0.2, 0.25) is 33.3 Å². The van der Waals surface area contributed by atoms with Crippen molar-refractivity contribution in [1.82, 2.24) is 14.6 Å². The fourth-order valence-electron chi connectivity index (χ4n) is 8.36. The van der Waals surface area contributed by atoms with Crippen LogP contribution >= 0.6 is 0 Å². The molecular weight excluding hydrogens is 806 g/mol. The summed E-state index contributed by atoms with van der Waals surface area (Å²) in [7, 11) is -3.13. The monoisotopic (exact) mass is 855 g/mol. The summed E-state index contributed by atoms with van der Waals surface area (Å²) >= 11 is 0. The third-order valence-electron chi connectivity index (χ3n) is 12.5. The summed E-state index contributed by atoms with van der Waals surface area (Å²) in [6.07, 6.45) is -0.583. The second-order valence-electron chi connectivity index (χ2n) is 17.3. The van der Waals surface area contributed by atoms with Gasteiger partial charge in [0, 0.05) is 24.4 Å². The Morgan fingerprint density at radius 1 is 1.10 bits per heavy atom. The summed E-state index contributed by atoms with van der Waals surface area (Å²) < 4.78 is 113. The first-order chi connectivity index (χ1) is 27.6. The van der Waals surface area contributed by atoms with Crippen LogP contribution in [0.1, 0.15) is 85.5 Å². The van der Waals surface area contributed by atoms with Crippen molar-refractivity contribution in [3.63, 3.8) is 0 Å². The van der Waals surface area contributed by atoms with Crippen molar-refractivity contribution < 1.29 is 63.8 Å². The zero-order chi connectivity index (χ0) is 43.3. The van der Waals surface area contributed by atoms with Crippen molar-refractivity contribution in [2.24, 2.45) is 29.1 Å². The lowest BCUT2D eigenvalue weighted by molar-refractivity contribution is -0.257. The normalized spacial score (nSPS) is 29.4. The second-order valence-corrected chi connectivity index (χ2v) is 19.4. The van der Waals surface area contributed by atoms with E-state index in [0.29, 0.717) is 38.5 Å². The van der Waals surface area contributed by atoms with Gasteiger partial charge in [-0.3, -0.25) is 23.9 Å². The lowest BCUT2D eigenvalue weighted by atomic mass is 9.82. The maximum absolute atomic E-state index is 14.9. The van der Waals surface area contributed by atoms with Crippen LogP contribution in [0.3, 0.4) is 0 Å². The molecule has 2 aromatic rings. The van der Waals surface area contributed by atoms with Gasteiger partial charge in [0.25, 0.3) is 0 Å². The number of alkyl halides is 4. The molecule has 4 aliphatic rings. The smallest absolute Gasteiger partial charge is 0.427 e. The zero-order valence-corrected chi connectivity index (χ0v) is 34.4. The van der Waals surface area contributed by atoms with E-state index in [4.69, 9.17) is 14.2 Å². The standard InChI is InChI=1S/C41H50F5N3O9S/c1-23-8-6-7-9-26-19-40(26,37(53)48-59(54,55)39(22-42)11-12-39)20-32(50)31-16-27(57-35-29-17-30(43)33(56-5)15-25(29)10-13-47-35)21-49(31)36(52)28(24(2)14-23)18-34(51)58-38(3,4)41(44,45)46/h7,9-10,13,15,17,23-24,26-28,31H,6,8,11-12,14,16,18-22H2,1-5H3,(H,48,53)/b9-7-/t23-,24+,26+,27+,28-,31-,40+/m0/s1. The molecule has 324 valence electrons. The number of aromatic nitrogens is 1. The van der Waals surface area contributed by atoms with E-state index in [9.17, 15) is 49.5 Å². The third kappa shape index (κ3) is 8.92. The Bertz CT molecular complexity index is 2130. The second kappa shape index (κ2) is 16.3. The fourth-order valence-corrected chi connectivity index (χ4v) is 9.81. The zero-order valence-electron chi connectivity index (χ0n) is 33.6. The highest BCUT2D eigenvalue weighted by Crippen LogP contribution is 2.58. The molecule has 18 heteroatoms. The molecule has 0 spiro atoms. The Morgan fingerprint density at radius 2 is 1.81 bits per heavy atom. The number of ether oxygens (including phenoxy) is 3. The Kier molecular flexibility index (Phi) is 12.2. The molecule has 2 aliphatic heterocycles. The Hall–Kier alpha value is -4.35. The van der Waals surface area contributed by atoms with Crippen molar-refractivity contribution in [1.29, 1.82) is 0 Å². The van der Waals surface area contributed by atoms with Crippen LogP contribution in [0.5, 0.6) is 11.6 Å². The van der Waals surface area contributed by atoms with Crippen molar-refractivity contribution in [2.75, 3.05) is 20.3 Å². The van der Waals surface area contributed by atoms with Crippen molar-refractivity contribution in [3.8, 4) is 11.6 Å². The molecule has 3 heterocycles. The molecule has 2 aliphatic carbocycles. The summed E-state index contributed by atoms with van der Waals surface area (Å²) in [5.74, 6) is -6.75. The van der Waals surface area contributed by atoms with Gasteiger partial charge in [-0.1, -0.05) is 26.0 Å². The molecule has 7 atom stereocenters. The number of hydrogen-bond acceptors (Lipinski definition) is 10. The number of Topliss-reactive ketones (excluding diaryl/α,β-unsaturated/α-hetero) is 1. The van der Waals surface area contributed by atoms with E-state index >= 15 is 0 Å². The topological polar surface area (TPSA) is 158 Å². The van der Waals surface area contributed by atoms with Gasteiger partial charge in [0.15, 0.2) is 17.3 Å². The number of carbonyl (C=O) groups is 4. The highest BCUT2D eigenvalue weighted by molar-refractivity contribution is 7.91. The Labute approximate surface area is 339 Å². The first-order valence-corrected chi connectivity index (χ1v) is 21.3. The number of nitrogens with one attached hydrogen (secondary N) is 1. The van der Waals surface area contributed by atoms with Gasteiger partial charge in [-0.2, -0.15) is 13.2 Å². The molecular formula is C41H50F5N3O9S. The van der Waals surface area contributed by atoms with Gasteiger partial charge >= 0.3 is 12.1 Å². The van der Waals surface area contributed by atoms with E-state index in [0.717, 1.165) is 0 Å². The van der Waals surface area contributed by atoms with E-state index in [-0.39, 0.29) is 55.2 Å². The number of methoxy groups -OCH3 is 1. The minimum absolute atomic E-state index is 0.0243. The van der Waals surface area contributed by atoms with Crippen LogP contribution in [0.2, 0.25) is 0 Å². The Morgan fingerprint density at radius 3 is 2.46 bits per heavy atom. The first kappa shape index (κ1) is 44.2. The molecule has 1 N–H and O–H groups in total. The van der Waals surface area contributed by atoms with Crippen molar-refractivity contribution in [2.45, 2.75) is 114 Å². The molecule has 1 saturated heterocycles. The minimum Gasteiger partial charge on any atom is -0.494 e. The summed E-state index contributed by atoms with van der Waals surface area (Å²) in [6.45, 7) is 3.59. The molecule has 1 aromatic heterocycles. The number of esters is 1. The molecule has 2 saturated carbocycles. The third-order valence-corrected chi connectivity index (χ3v) is 14.6. The molecule has 1 aromatic carbocycles. The fraction of sp³-hybridized carbons (Fsp3) is 0.634. The van der Waals surface area contributed by atoms with Crippen LogP contribution in [0, 0.1) is 34.9 Å². The van der Waals surface area contributed by atoms with E-state index in [1.807, 2.05) is 13.0 Å². The van der Waals surface area contributed by atoms with Gasteiger partial charge in [-0.15, -0.1) is 0 Å². The first-order valence-electron chi connectivity index (χ1n) is 19.8. The van der Waals surface area contributed by atoms with Gasteiger partial charge in [0.05, 0.1) is 37.5 Å². The van der Waals surface area contributed by atoms with E-state index in [2.05, 4.69) is 9.71 Å². The number of allylic oxidation sites excluding steroid dienone is 2. The molecule has 59 heavy (non-hydrogen) atoms. The van der Waals surface area contributed by atoms with E-state index in [1.54, 1.807) is 19.1 Å². The maximum atomic E-state index is 14.9. The summed E-state index contributed by atoms with van der Waals surface area (Å²) in [4.78, 5) is 62.0. The minimum atomic E-state index is -4.91. The number of benzene rings is 1. The average molecular weight is 856 g/mol. The lowest BCUT2D eigenvalue weighted by Crippen LogP contribution is -2.49. The summed E-state index contributed by atoms with van der Waals surface area (Å²) in [5, 5.41) is 0.766. The number of halogens is 5. The van der Waals surface area contributed by atoms with Gasteiger partial charge in [-0.25, -0.2) is 22.2 Å². The van der Waals surface area contributed by atoms with Gasteiger partial charge in [-0.05, 0) is 93.7 Å². The van der Waals surface area contributed by atoms with Crippen LogP contribution in [-0.4, -0.2) is 90.9 Å². The molecule has 0 radical (unpaired) electrons. The summed E-state index contributed by atoms with van der Waals surface area (Å²) in [5.41, 5.74) is -4.40. The maximum Gasteiger partial charge on any atom is 0.427 e. The largest absolute Gasteiger partial charge is 0.494 e. The number of hydrogen-bond donors (Lipinski definition) is 1. The molecule has 0 unspecified atom stereocenters. The van der Waals surface area contributed by atoms with Gasteiger partial charge in [0.1, 0.15) is 17.5 Å². The quantitative estimate of drug-likeness (QED) is 0.158. The van der Waals surface area contributed by atoms with Crippen LogP contribution in [-0.2, 0) is 33.9 Å². The van der Waals surface area contributed by atoms with E-state index < -0.39 is 111 Å². The average Bonchev–Trinajstić information content (AvgIpc) is 4.06. The number of fused-ring (bicyclic) bond motifs is 3. The number of ketones is 1. The van der Waals surface area contributed by atoms with Crippen molar-refractivity contribution >= 4 is 44.4 Å². The number of carbonyl (C=O) groups excluding carboxylic acids is 4. The van der Waals surface area contributed by atoms with Crippen LogP contribution in [0.4, 0.5) is 22.0 Å². The Balaban J connectivity index is 1.36. The van der Waals surface area contributed by atoms with Crippen LogP contribution in [0.15, 0.2) is 36.5 Å². The number of pyridine rings is 1. The molecule has 3 fully saturated rings. The van der Waals surface area contributed by atoms with Crippen molar-refractivity contribution in [3.05, 3.63) is 42.4 Å². The SMILES string of the molecule is COc1cc2ccnc(O[C@@H]3C[C@H]4C(=O)C[C@]5(C(=O)NS(=O)(=O)C6(CF)CC6)C[C@H]5/C=C\CC[C@H](C)C[C@@H](C)[C@H](CC(=O)OC(C)(C)C(F)(F)F)C(=O)N4C3)c2cc1F. The predicted molar refractivity (Wildman–Crippen MR) is 204 cm³/mol. The number of amides is 2. The lowest BCUT2D eigenvalue weighted by Gasteiger charge is -2.33. The predicted octanol–water partition coefficient (Wildman–Crippen LogP) is 6.55. The van der Waals surface area contributed by atoms with E-state index in [1.165, 1.54) is 30.3 Å². The molecule has 2 amide bonds. The van der Waals surface area contributed by atoms with Gasteiger partial charge < -0.3 is 19.1 Å². The number of rotatable bonds is 10. The van der Waals surface area contributed by atoms with Crippen LogP contribution < -0.4 is 14.2 Å². The highest BCUT2D eigenvalue weighted by Gasteiger charge is 2.63. The summed E-state index contributed by atoms with van der Waals surface area (Å²) in [6, 6.07) is 2.92. The molecule has 0 bridgehead atoms. The number of nitrogens with zero attached hydrogens (tertiary/aromatic N) is 2. The molecule has 6 rings (SSSR count). The molecule has 12 nitrogen and oxygen atoms in total. The highest BCUT2D eigenvalue weighted by atomic mass is 32.2. The van der Waals surface area contributed by atoms with Crippen LogP contribution in [0.25, 0.3) is 10.8 Å².